The summed E-state index contributed by atoms with van der Waals surface area (Å²) in [6.07, 6.45) is 2.82. The Hall–Kier alpha value is -1.27. The molecule has 1 N–H and O–H groups in total. The molecule has 0 heterocycles. The molecular weight excluding hydrogens is 288 g/mol. The first-order chi connectivity index (χ1) is 10.0. The minimum Gasteiger partial charge on any atom is -0.313 e. The van der Waals surface area contributed by atoms with Gasteiger partial charge in [-0.3, -0.25) is 14.3 Å². The molecule has 0 saturated heterocycles. The third-order valence-electron chi connectivity index (χ3n) is 3.47. The number of nitrogens with one attached hydrogen (secondary N) is 1. The van der Waals surface area contributed by atoms with Gasteiger partial charge in [0.1, 0.15) is 0 Å². The Morgan fingerprint density at radius 3 is 2.29 bits per heavy atom. The van der Waals surface area contributed by atoms with Gasteiger partial charge in [0.15, 0.2) is 0 Å². The lowest BCUT2D eigenvalue weighted by molar-refractivity contribution is -0.384. The molecule has 1 rings (SSSR count). The molecule has 1 aromatic carbocycles. The maximum absolute atomic E-state index is 12.7. The van der Waals surface area contributed by atoms with Gasteiger partial charge < -0.3 is 5.32 Å². The summed E-state index contributed by atoms with van der Waals surface area (Å²) >= 11 is 0. The van der Waals surface area contributed by atoms with Gasteiger partial charge in [0.2, 0.25) is 0 Å². The van der Waals surface area contributed by atoms with Crippen LogP contribution < -0.4 is 5.32 Å². The van der Waals surface area contributed by atoms with E-state index in [0.29, 0.717) is 4.90 Å². The van der Waals surface area contributed by atoms with E-state index in [1.165, 1.54) is 12.1 Å². The highest BCUT2D eigenvalue weighted by Crippen LogP contribution is 2.21. The minimum absolute atomic E-state index is 0.0198. The summed E-state index contributed by atoms with van der Waals surface area (Å²) in [4.78, 5) is 10.9. The monoisotopic (exact) mass is 312 g/mol. The zero-order valence-electron chi connectivity index (χ0n) is 12.9. The molecule has 21 heavy (non-hydrogen) atoms. The molecule has 0 aliphatic rings. The van der Waals surface area contributed by atoms with Crippen LogP contribution >= 0.6 is 0 Å². The Balaban J connectivity index is 2.93. The van der Waals surface area contributed by atoms with Gasteiger partial charge in [-0.2, -0.15) is 0 Å². The Bertz CT molecular complexity index is 470. The fourth-order valence-electron chi connectivity index (χ4n) is 2.45. The highest BCUT2D eigenvalue weighted by molar-refractivity contribution is 7.85. The fraction of sp³-hybridized carbons (Fsp3) is 0.600. The molecule has 5 nitrogen and oxygen atoms in total. The molecule has 0 aliphatic heterocycles. The molecule has 0 bridgehead atoms. The number of nitrogens with zero attached hydrogens (tertiary/aromatic N) is 1. The van der Waals surface area contributed by atoms with Crippen molar-refractivity contribution in [1.82, 2.24) is 5.32 Å². The second-order valence-corrected chi connectivity index (χ2v) is 6.62. The van der Waals surface area contributed by atoms with E-state index < -0.39 is 15.7 Å². The predicted molar refractivity (Wildman–Crippen MR) is 86.0 cm³/mol. The van der Waals surface area contributed by atoms with Gasteiger partial charge in [0.25, 0.3) is 5.69 Å². The molecular formula is C15H24N2O3S. The first-order valence-corrected chi connectivity index (χ1v) is 8.64. The molecule has 0 aliphatic carbocycles. The SMILES string of the molecule is CCCC(NCC)C(CC)S(=O)c1ccc([N+](=O)[O-])cc1. The molecule has 0 radical (unpaired) electrons. The van der Waals surface area contributed by atoms with Gasteiger partial charge in [-0.05, 0) is 31.5 Å². The summed E-state index contributed by atoms with van der Waals surface area (Å²) in [6.45, 7) is 7.04. The molecule has 3 atom stereocenters. The van der Waals surface area contributed by atoms with Crippen LogP contribution in [0.1, 0.15) is 40.0 Å². The van der Waals surface area contributed by atoms with E-state index in [1.807, 2.05) is 13.8 Å². The van der Waals surface area contributed by atoms with E-state index >= 15 is 0 Å². The summed E-state index contributed by atoms with van der Waals surface area (Å²) in [7, 11) is -1.16. The zero-order valence-corrected chi connectivity index (χ0v) is 13.7. The topological polar surface area (TPSA) is 72.2 Å². The first kappa shape index (κ1) is 17.8. The van der Waals surface area contributed by atoms with Crippen molar-refractivity contribution in [2.75, 3.05) is 6.54 Å². The zero-order chi connectivity index (χ0) is 15.8. The molecule has 0 saturated carbocycles. The maximum Gasteiger partial charge on any atom is 0.269 e. The maximum atomic E-state index is 12.7. The van der Waals surface area contributed by atoms with Crippen LogP contribution in [0.3, 0.4) is 0 Å². The number of benzene rings is 1. The molecule has 0 amide bonds. The first-order valence-electron chi connectivity index (χ1n) is 7.43. The van der Waals surface area contributed by atoms with Gasteiger partial charge in [-0.15, -0.1) is 0 Å². The third-order valence-corrected chi connectivity index (χ3v) is 5.42. The van der Waals surface area contributed by atoms with Gasteiger partial charge in [-0.25, -0.2) is 0 Å². The van der Waals surface area contributed by atoms with E-state index in [2.05, 4.69) is 12.2 Å². The average Bonchev–Trinajstić information content (AvgIpc) is 2.48. The van der Waals surface area contributed by atoms with Crippen molar-refractivity contribution < 1.29 is 9.13 Å². The van der Waals surface area contributed by atoms with Crippen molar-refractivity contribution in [3.63, 3.8) is 0 Å². The fourth-order valence-corrected chi connectivity index (χ4v) is 4.04. The third kappa shape index (κ3) is 4.89. The number of non-ortho nitro benzene ring substituents is 1. The van der Waals surface area contributed by atoms with Crippen molar-refractivity contribution in [2.24, 2.45) is 0 Å². The Morgan fingerprint density at radius 2 is 1.86 bits per heavy atom. The molecule has 118 valence electrons. The standard InChI is InChI=1S/C15H24N2O3S/c1-4-7-14(16-6-3)15(5-2)21(20)13-10-8-12(9-11-13)17(18)19/h8-11,14-16H,4-7H2,1-3H3. The lowest BCUT2D eigenvalue weighted by Crippen LogP contribution is -2.41. The summed E-state index contributed by atoms with van der Waals surface area (Å²) in [6, 6.07) is 6.25. The van der Waals surface area contributed by atoms with Crippen molar-refractivity contribution >= 4 is 16.5 Å². The Morgan fingerprint density at radius 1 is 1.24 bits per heavy atom. The van der Waals surface area contributed by atoms with Crippen LogP contribution in [0.4, 0.5) is 5.69 Å². The molecule has 6 heteroatoms. The van der Waals surface area contributed by atoms with Crippen molar-refractivity contribution in [3.05, 3.63) is 34.4 Å². The van der Waals surface area contributed by atoms with Crippen LogP contribution in [0, 0.1) is 10.1 Å². The Labute approximate surface area is 128 Å². The lowest BCUT2D eigenvalue weighted by atomic mass is 10.1. The number of rotatable bonds is 9. The van der Waals surface area contributed by atoms with Crippen LogP contribution in [0.2, 0.25) is 0 Å². The number of hydrogen-bond acceptors (Lipinski definition) is 4. The second kappa shape index (κ2) is 8.89. The van der Waals surface area contributed by atoms with Crippen LogP contribution in [0.15, 0.2) is 29.2 Å². The number of nitro groups is 1. The van der Waals surface area contributed by atoms with Crippen LogP contribution in [0.5, 0.6) is 0 Å². The molecule has 1 aromatic rings. The van der Waals surface area contributed by atoms with Crippen LogP contribution in [-0.2, 0) is 10.8 Å². The summed E-state index contributed by atoms with van der Waals surface area (Å²) < 4.78 is 12.7. The van der Waals surface area contributed by atoms with Gasteiger partial charge in [0, 0.05) is 23.1 Å². The van der Waals surface area contributed by atoms with E-state index in [9.17, 15) is 14.3 Å². The summed E-state index contributed by atoms with van der Waals surface area (Å²) in [5.41, 5.74) is 0.0283. The van der Waals surface area contributed by atoms with Gasteiger partial charge in [-0.1, -0.05) is 27.2 Å². The van der Waals surface area contributed by atoms with E-state index in [-0.39, 0.29) is 17.0 Å². The van der Waals surface area contributed by atoms with E-state index in [0.717, 1.165) is 25.8 Å². The molecule has 3 unspecified atom stereocenters. The average molecular weight is 312 g/mol. The van der Waals surface area contributed by atoms with Crippen molar-refractivity contribution in [3.8, 4) is 0 Å². The van der Waals surface area contributed by atoms with E-state index in [4.69, 9.17) is 0 Å². The largest absolute Gasteiger partial charge is 0.313 e. The highest BCUT2D eigenvalue weighted by Gasteiger charge is 2.25. The second-order valence-electron chi connectivity index (χ2n) is 4.95. The Kier molecular flexibility index (Phi) is 7.53. The lowest BCUT2D eigenvalue weighted by Gasteiger charge is -2.26. The quantitative estimate of drug-likeness (QED) is 0.561. The normalized spacial score (nSPS) is 15.4. The minimum atomic E-state index is -1.16. The smallest absolute Gasteiger partial charge is 0.269 e. The van der Waals surface area contributed by atoms with Crippen molar-refractivity contribution in [2.45, 2.75) is 56.2 Å². The van der Waals surface area contributed by atoms with Crippen LogP contribution in [-0.4, -0.2) is 27.0 Å². The summed E-state index contributed by atoms with van der Waals surface area (Å²) in [5, 5.41) is 14.1. The van der Waals surface area contributed by atoms with Crippen LogP contribution in [0.25, 0.3) is 0 Å². The highest BCUT2D eigenvalue weighted by atomic mass is 32.2. The van der Waals surface area contributed by atoms with Gasteiger partial charge >= 0.3 is 0 Å². The molecule has 0 aromatic heterocycles. The summed E-state index contributed by atoms with van der Waals surface area (Å²) in [5.74, 6) is 0. The predicted octanol–water partition coefficient (Wildman–Crippen LogP) is 3.26. The molecule has 0 spiro atoms. The molecule has 0 fully saturated rings. The van der Waals surface area contributed by atoms with E-state index in [1.54, 1.807) is 12.1 Å². The number of nitro benzene ring substituents is 1. The van der Waals surface area contributed by atoms with Crippen molar-refractivity contribution in [1.29, 1.82) is 0 Å². The number of hydrogen-bond donors (Lipinski definition) is 1. The van der Waals surface area contributed by atoms with Gasteiger partial charge in [0.05, 0.1) is 21.0 Å².